The molecule has 2 aromatic rings. The smallest absolute Gasteiger partial charge is 0.247 e. The first-order valence-electron chi connectivity index (χ1n) is 8.76. The van der Waals surface area contributed by atoms with Gasteiger partial charge in [0.1, 0.15) is 0 Å². The monoisotopic (exact) mass is 319 g/mol. The molecule has 2 heteroatoms. The molecule has 0 radical (unpaired) electrons. The van der Waals surface area contributed by atoms with Gasteiger partial charge in [-0.3, -0.25) is 4.79 Å². The maximum absolute atomic E-state index is 11.7. The number of hydrogen-bond acceptors (Lipinski definition) is 1. The molecule has 0 aromatic heterocycles. The average molecular weight is 319 g/mol. The van der Waals surface area contributed by atoms with E-state index in [4.69, 9.17) is 0 Å². The zero-order valence-corrected chi connectivity index (χ0v) is 14.6. The molecule has 2 aromatic carbocycles. The molecule has 1 amide bonds. The van der Waals surface area contributed by atoms with Crippen LogP contribution < -0.4 is 5.32 Å². The maximum atomic E-state index is 11.7. The summed E-state index contributed by atoms with van der Waals surface area (Å²) in [6.07, 6.45) is 5.68. The molecule has 1 aliphatic carbocycles. The molecule has 24 heavy (non-hydrogen) atoms. The Hall–Kier alpha value is -2.35. The molecule has 0 saturated heterocycles. The Morgan fingerprint density at radius 3 is 2.75 bits per heavy atom. The van der Waals surface area contributed by atoms with Crippen LogP contribution in [0, 0.1) is 5.92 Å². The molecular formula is C22H25NO. The Morgan fingerprint density at radius 2 is 2.00 bits per heavy atom. The maximum Gasteiger partial charge on any atom is 0.247 e. The fourth-order valence-corrected chi connectivity index (χ4v) is 3.61. The number of benzene rings is 2. The molecule has 1 aliphatic rings. The third-order valence-corrected chi connectivity index (χ3v) is 4.61. The molecule has 1 N–H and O–H groups in total. The number of carbonyl (C=O) groups excluding carboxylic acids is 1. The molecule has 3 rings (SSSR count). The summed E-state index contributed by atoms with van der Waals surface area (Å²) in [6.45, 7) is 8.04. The standard InChI is InChI=1S/C22H25NO/c1-4-22(24)23-21-12-11-18(19-9-6-10-20(19)21)17-8-5-7-16(14-17)13-15(2)3/h4-5,7-8,11-12,14-15H,1,6,9-10,13H2,2-3H3,(H,23,24). The van der Waals surface area contributed by atoms with Crippen molar-refractivity contribution in [2.75, 3.05) is 5.32 Å². The molecule has 0 bridgehead atoms. The average Bonchev–Trinajstić information content (AvgIpc) is 3.04. The van der Waals surface area contributed by atoms with Crippen LogP contribution in [0.5, 0.6) is 0 Å². The highest BCUT2D eigenvalue weighted by Gasteiger charge is 2.20. The minimum Gasteiger partial charge on any atom is -0.322 e. The lowest BCUT2D eigenvalue weighted by molar-refractivity contribution is -0.111. The van der Waals surface area contributed by atoms with Crippen molar-refractivity contribution in [3.8, 4) is 11.1 Å². The van der Waals surface area contributed by atoms with Crippen molar-refractivity contribution >= 4 is 11.6 Å². The zero-order valence-electron chi connectivity index (χ0n) is 14.6. The minimum absolute atomic E-state index is 0.143. The number of amides is 1. The molecule has 0 unspecified atom stereocenters. The fourth-order valence-electron chi connectivity index (χ4n) is 3.61. The van der Waals surface area contributed by atoms with E-state index in [0.29, 0.717) is 5.92 Å². The SMILES string of the molecule is C=CC(=O)Nc1ccc(-c2cccc(CC(C)C)c2)c2c1CCC2. The first kappa shape index (κ1) is 16.5. The highest BCUT2D eigenvalue weighted by atomic mass is 16.1. The van der Waals surface area contributed by atoms with E-state index in [-0.39, 0.29) is 5.91 Å². The summed E-state index contributed by atoms with van der Waals surface area (Å²) >= 11 is 0. The lowest BCUT2D eigenvalue weighted by Gasteiger charge is -2.15. The summed E-state index contributed by atoms with van der Waals surface area (Å²) in [6, 6.07) is 13.1. The van der Waals surface area contributed by atoms with E-state index >= 15 is 0 Å². The van der Waals surface area contributed by atoms with Gasteiger partial charge in [0.15, 0.2) is 0 Å². The van der Waals surface area contributed by atoms with Crippen LogP contribution in [0.4, 0.5) is 5.69 Å². The van der Waals surface area contributed by atoms with Gasteiger partial charge in [0.25, 0.3) is 0 Å². The lowest BCUT2D eigenvalue weighted by atomic mass is 9.93. The van der Waals surface area contributed by atoms with Crippen LogP contribution in [-0.2, 0) is 24.1 Å². The molecule has 0 spiro atoms. The quantitative estimate of drug-likeness (QED) is 0.757. The lowest BCUT2D eigenvalue weighted by Crippen LogP contribution is -2.09. The summed E-state index contributed by atoms with van der Waals surface area (Å²) in [4.78, 5) is 11.7. The number of carbonyl (C=O) groups is 1. The number of anilines is 1. The second-order valence-electron chi connectivity index (χ2n) is 6.96. The predicted octanol–water partition coefficient (Wildman–Crippen LogP) is 5.17. The number of rotatable bonds is 5. The molecule has 0 aliphatic heterocycles. The number of fused-ring (bicyclic) bond motifs is 1. The summed E-state index contributed by atoms with van der Waals surface area (Å²) in [5, 5.41) is 2.95. The Bertz CT molecular complexity index is 774. The normalized spacial score (nSPS) is 13.0. The Morgan fingerprint density at radius 1 is 1.21 bits per heavy atom. The molecule has 124 valence electrons. The molecular weight excluding hydrogens is 294 g/mol. The number of hydrogen-bond donors (Lipinski definition) is 1. The van der Waals surface area contributed by atoms with Crippen molar-refractivity contribution in [3.05, 3.63) is 65.7 Å². The highest BCUT2D eigenvalue weighted by Crippen LogP contribution is 2.37. The first-order valence-corrected chi connectivity index (χ1v) is 8.76. The minimum atomic E-state index is -0.143. The summed E-state index contributed by atoms with van der Waals surface area (Å²) in [5.74, 6) is 0.512. The van der Waals surface area contributed by atoms with Crippen LogP contribution in [-0.4, -0.2) is 5.91 Å². The molecule has 0 fully saturated rings. The van der Waals surface area contributed by atoms with Crippen molar-refractivity contribution in [2.45, 2.75) is 39.5 Å². The van der Waals surface area contributed by atoms with Crippen LogP contribution in [0.2, 0.25) is 0 Å². The molecule has 0 atom stereocenters. The summed E-state index contributed by atoms with van der Waals surface area (Å²) in [7, 11) is 0. The van der Waals surface area contributed by atoms with E-state index in [1.165, 1.54) is 33.9 Å². The Labute approximate surface area is 144 Å². The van der Waals surface area contributed by atoms with Crippen molar-refractivity contribution in [3.63, 3.8) is 0 Å². The molecule has 2 nitrogen and oxygen atoms in total. The van der Waals surface area contributed by atoms with Crippen molar-refractivity contribution in [1.29, 1.82) is 0 Å². The van der Waals surface area contributed by atoms with Gasteiger partial charge in [0, 0.05) is 5.69 Å². The van der Waals surface area contributed by atoms with E-state index in [1.54, 1.807) is 0 Å². The van der Waals surface area contributed by atoms with E-state index < -0.39 is 0 Å². The van der Waals surface area contributed by atoms with E-state index in [9.17, 15) is 4.79 Å². The van der Waals surface area contributed by atoms with Crippen LogP contribution in [0.25, 0.3) is 11.1 Å². The third kappa shape index (κ3) is 3.43. The van der Waals surface area contributed by atoms with Crippen molar-refractivity contribution in [2.24, 2.45) is 5.92 Å². The fraction of sp³-hybridized carbons (Fsp3) is 0.318. The summed E-state index contributed by atoms with van der Waals surface area (Å²) in [5.41, 5.74) is 7.60. The molecule has 0 saturated carbocycles. The van der Waals surface area contributed by atoms with E-state index in [1.807, 2.05) is 6.07 Å². The van der Waals surface area contributed by atoms with E-state index in [0.717, 1.165) is 31.4 Å². The second kappa shape index (κ2) is 7.04. The second-order valence-corrected chi connectivity index (χ2v) is 6.96. The van der Waals surface area contributed by atoms with Gasteiger partial charge in [0.05, 0.1) is 0 Å². The zero-order chi connectivity index (χ0) is 17.1. The first-order chi connectivity index (χ1) is 11.6. The van der Waals surface area contributed by atoms with E-state index in [2.05, 4.69) is 56.1 Å². The van der Waals surface area contributed by atoms with Gasteiger partial charge >= 0.3 is 0 Å². The van der Waals surface area contributed by atoms with Gasteiger partial charge in [0.2, 0.25) is 5.91 Å². The van der Waals surface area contributed by atoms with Crippen molar-refractivity contribution in [1.82, 2.24) is 0 Å². The van der Waals surface area contributed by atoms with Gasteiger partial charge in [-0.2, -0.15) is 0 Å². The van der Waals surface area contributed by atoms with Crippen LogP contribution in [0.3, 0.4) is 0 Å². The van der Waals surface area contributed by atoms with Gasteiger partial charge in [-0.25, -0.2) is 0 Å². The largest absolute Gasteiger partial charge is 0.322 e. The predicted molar refractivity (Wildman–Crippen MR) is 101 cm³/mol. The Kier molecular flexibility index (Phi) is 4.84. The van der Waals surface area contributed by atoms with Crippen molar-refractivity contribution < 1.29 is 4.79 Å². The van der Waals surface area contributed by atoms with Crippen LogP contribution in [0.15, 0.2) is 49.1 Å². The number of nitrogens with one attached hydrogen (secondary N) is 1. The van der Waals surface area contributed by atoms with Gasteiger partial charge in [-0.15, -0.1) is 0 Å². The summed E-state index contributed by atoms with van der Waals surface area (Å²) < 4.78 is 0. The van der Waals surface area contributed by atoms with Gasteiger partial charge in [-0.1, -0.05) is 50.8 Å². The Balaban J connectivity index is 1.99. The van der Waals surface area contributed by atoms with Crippen LogP contribution in [0.1, 0.15) is 37.0 Å². The highest BCUT2D eigenvalue weighted by molar-refractivity contribution is 6.00. The van der Waals surface area contributed by atoms with Gasteiger partial charge < -0.3 is 5.32 Å². The van der Waals surface area contributed by atoms with Gasteiger partial charge in [-0.05, 0) is 71.6 Å². The third-order valence-electron chi connectivity index (χ3n) is 4.61. The molecule has 0 heterocycles. The van der Waals surface area contributed by atoms with Crippen LogP contribution >= 0.6 is 0 Å². The topological polar surface area (TPSA) is 29.1 Å².